The molecule has 0 saturated heterocycles. The largest absolute Gasteiger partial charge is 0.389 e. The van der Waals surface area contributed by atoms with Gasteiger partial charge >= 0.3 is 0 Å². The zero-order valence-electron chi connectivity index (χ0n) is 11.2. The zero-order valence-corrected chi connectivity index (χ0v) is 11.2. The molecule has 0 unspecified atom stereocenters. The molecule has 0 spiro atoms. The number of nitrogens with one attached hydrogen (secondary N) is 2. The third-order valence-corrected chi connectivity index (χ3v) is 2.90. The molecule has 1 amide bonds. The number of methoxy groups -OCH3 is 1. The summed E-state index contributed by atoms with van der Waals surface area (Å²) in [5.41, 5.74) is -0.698. The SMILES string of the molecule is CCC(O)(CC)CNCC(=O)NCCCOC. The van der Waals surface area contributed by atoms with Gasteiger partial charge in [-0.25, -0.2) is 0 Å². The first-order valence-corrected chi connectivity index (χ1v) is 6.26. The molecule has 0 aliphatic carbocycles. The van der Waals surface area contributed by atoms with Crippen molar-refractivity contribution >= 4 is 5.91 Å². The molecule has 0 radical (unpaired) electrons. The fraction of sp³-hybridized carbons (Fsp3) is 0.917. The summed E-state index contributed by atoms with van der Waals surface area (Å²) in [5, 5.41) is 15.7. The van der Waals surface area contributed by atoms with Gasteiger partial charge in [-0.05, 0) is 19.3 Å². The summed E-state index contributed by atoms with van der Waals surface area (Å²) in [7, 11) is 1.64. The van der Waals surface area contributed by atoms with Crippen molar-refractivity contribution in [3.8, 4) is 0 Å². The molecule has 0 aromatic carbocycles. The Morgan fingerprint density at radius 1 is 1.35 bits per heavy atom. The smallest absolute Gasteiger partial charge is 0.233 e. The summed E-state index contributed by atoms with van der Waals surface area (Å²) in [6.07, 6.45) is 2.19. The number of amides is 1. The molecule has 5 nitrogen and oxygen atoms in total. The number of carbonyl (C=O) groups excluding carboxylic acids is 1. The highest BCUT2D eigenvalue weighted by Gasteiger charge is 2.21. The van der Waals surface area contributed by atoms with Gasteiger partial charge in [0.2, 0.25) is 5.91 Å². The van der Waals surface area contributed by atoms with Crippen molar-refractivity contribution in [1.82, 2.24) is 10.6 Å². The minimum Gasteiger partial charge on any atom is -0.389 e. The van der Waals surface area contributed by atoms with Gasteiger partial charge in [0.05, 0.1) is 12.1 Å². The minimum absolute atomic E-state index is 0.0457. The number of hydrogen-bond donors (Lipinski definition) is 3. The molecule has 0 aliphatic rings. The lowest BCUT2D eigenvalue weighted by Crippen LogP contribution is -2.43. The molecule has 0 bridgehead atoms. The Morgan fingerprint density at radius 2 is 2.00 bits per heavy atom. The predicted molar refractivity (Wildman–Crippen MR) is 67.9 cm³/mol. The summed E-state index contributed by atoms with van der Waals surface area (Å²) in [4.78, 5) is 11.4. The van der Waals surface area contributed by atoms with Crippen LogP contribution < -0.4 is 10.6 Å². The van der Waals surface area contributed by atoms with Gasteiger partial charge in [-0.3, -0.25) is 4.79 Å². The topological polar surface area (TPSA) is 70.6 Å². The molecule has 0 atom stereocenters. The van der Waals surface area contributed by atoms with E-state index in [4.69, 9.17) is 4.74 Å². The summed E-state index contributed by atoms with van der Waals surface area (Å²) < 4.78 is 4.88. The monoisotopic (exact) mass is 246 g/mol. The molecule has 5 heteroatoms. The Balaban J connectivity index is 3.57. The lowest BCUT2D eigenvalue weighted by atomic mass is 9.98. The van der Waals surface area contributed by atoms with Crippen molar-refractivity contribution in [2.45, 2.75) is 38.7 Å². The average Bonchev–Trinajstić information content (AvgIpc) is 2.34. The summed E-state index contributed by atoms with van der Waals surface area (Å²) in [6, 6.07) is 0. The highest BCUT2D eigenvalue weighted by Crippen LogP contribution is 2.12. The standard InChI is InChI=1S/C12H26N2O3/c1-4-12(16,5-2)10-13-9-11(15)14-7-6-8-17-3/h13,16H,4-10H2,1-3H3,(H,14,15). The number of ether oxygens (including phenoxy) is 1. The van der Waals surface area contributed by atoms with E-state index in [2.05, 4.69) is 10.6 Å². The Bertz CT molecular complexity index is 206. The van der Waals surface area contributed by atoms with Crippen LogP contribution >= 0.6 is 0 Å². The van der Waals surface area contributed by atoms with Crippen LogP contribution in [0.4, 0.5) is 0 Å². The molecule has 17 heavy (non-hydrogen) atoms. The van der Waals surface area contributed by atoms with Gasteiger partial charge in [0, 0.05) is 26.8 Å². The van der Waals surface area contributed by atoms with Crippen LogP contribution in [0.5, 0.6) is 0 Å². The lowest BCUT2D eigenvalue weighted by Gasteiger charge is -2.25. The van der Waals surface area contributed by atoms with Gasteiger partial charge in [0.1, 0.15) is 0 Å². The van der Waals surface area contributed by atoms with E-state index in [0.29, 0.717) is 32.5 Å². The molecule has 3 N–H and O–H groups in total. The van der Waals surface area contributed by atoms with Crippen LogP contribution in [-0.2, 0) is 9.53 Å². The second-order valence-corrected chi connectivity index (χ2v) is 4.23. The van der Waals surface area contributed by atoms with Gasteiger partial charge in [-0.15, -0.1) is 0 Å². The Labute approximate surface area is 104 Å². The van der Waals surface area contributed by atoms with E-state index in [1.807, 2.05) is 13.8 Å². The molecule has 0 rings (SSSR count). The van der Waals surface area contributed by atoms with E-state index in [1.165, 1.54) is 0 Å². The van der Waals surface area contributed by atoms with Crippen LogP contribution in [0.1, 0.15) is 33.1 Å². The maximum Gasteiger partial charge on any atom is 0.233 e. The van der Waals surface area contributed by atoms with Crippen LogP contribution in [-0.4, -0.2) is 50.0 Å². The van der Waals surface area contributed by atoms with E-state index < -0.39 is 5.60 Å². The third kappa shape index (κ3) is 8.12. The van der Waals surface area contributed by atoms with Gasteiger partial charge < -0.3 is 20.5 Å². The van der Waals surface area contributed by atoms with E-state index >= 15 is 0 Å². The predicted octanol–water partition coefficient (Wildman–Crippen LogP) is 0.280. The normalized spacial score (nSPS) is 11.5. The molecule has 0 fully saturated rings. The fourth-order valence-electron chi connectivity index (χ4n) is 1.42. The Hall–Kier alpha value is -0.650. The lowest BCUT2D eigenvalue weighted by molar-refractivity contribution is -0.120. The highest BCUT2D eigenvalue weighted by molar-refractivity contribution is 5.77. The van der Waals surface area contributed by atoms with Crippen molar-refractivity contribution in [2.24, 2.45) is 0 Å². The molecule has 0 aromatic heterocycles. The van der Waals surface area contributed by atoms with E-state index in [9.17, 15) is 9.90 Å². The quantitative estimate of drug-likeness (QED) is 0.484. The first-order chi connectivity index (χ1) is 8.08. The van der Waals surface area contributed by atoms with E-state index in [-0.39, 0.29) is 12.5 Å². The number of carbonyl (C=O) groups is 1. The summed E-state index contributed by atoms with van der Waals surface area (Å²) in [5.74, 6) is -0.0457. The van der Waals surface area contributed by atoms with Crippen molar-refractivity contribution in [3.63, 3.8) is 0 Å². The zero-order chi connectivity index (χ0) is 13.1. The molecule has 102 valence electrons. The number of rotatable bonds is 10. The fourth-order valence-corrected chi connectivity index (χ4v) is 1.42. The average molecular weight is 246 g/mol. The second-order valence-electron chi connectivity index (χ2n) is 4.23. The van der Waals surface area contributed by atoms with Crippen molar-refractivity contribution in [1.29, 1.82) is 0 Å². The van der Waals surface area contributed by atoms with Crippen molar-refractivity contribution < 1.29 is 14.6 Å². The first-order valence-electron chi connectivity index (χ1n) is 6.26. The van der Waals surface area contributed by atoms with Crippen molar-refractivity contribution in [2.75, 3.05) is 33.4 Å². The van der Waals surface area contributed by atoms with Crippen LogP contribution in [0.15, 0.2) is 0 Å². The third-order valence-electron chi connectivity index (χ3n) is 2.90. The van der Waals surface area contributed by atoms with E-state index in [1.54, 1.807) is 7.11 Å². The van der Waals surface area contributed by atoms with Gasteiger partial charge in [0.15, 0.2) is 0 Å². The van der Waals surface area contributed by atoms with Crippen LogP contribution in [0.25, 0.3) is 0 Å². The molecule has 0 aromatic rings. The van der Waals surface area contributed by atoms with Gasteiger partial charge in [-0.2, -0.15) is 0 Å². The molecule has 0 aliphatic heterocycles. The number of hydrogen-bond acceptors (Lipinski definition) is 4. The second kappa shape index (κ2) is 9.39. The molecular formula is C12H26N2O3. The Morgan fingerprint density at radius 3 is 2.53 bits per heavy atom. The van der Waals surface area contributed by atoms with E-state index in [0.717, 1.165) is 6.42 Å². The molecular weight excluding hydrogens is 220 g/mol. The maximum absolute atomic E-state index is 11.4. The Kier molecular flexibility index (Phi) is 9.03. The van der Waals surface area contributed by atoms with Crippen LogP contribution in [0, 0.1) is 0 Å². The van der Waals surface area contributed by atoms with Crippen LogP contribution in [0.2, 0.25) is 0 Å². The van der Waals surface area contributed by atoms with Crippen molar-refractivity contribution in [3.05, 3.63) is 0 Å². The maximum atomic E-state index is 11.4. The first kappa shape index (κ1) is 16.4. The summed E-state index contributed by atoms with van der Waals surface area (Å²) >= 11 is 0. The summed E-state index contributed by atoms with van der Waals surface area (Å²) in [6.45, 7) is 5.85. The minimum atomic E-state index is -0.698. The van der Waals surface area contributed by atoms with Gasteiger partial charge in [-0.1, -0.05) is 13.8 Å². The molecule has 0 heterocycles. The van der Waals surface area contributed by atoms with Crippen LogP contribution in [0.3, 0.4) is 0 Å². The van der Waals surface area contributed by atoms with Gasteiger partial charge in [0.25, 0.3) is 0 Å². The number of aliphatic hydroxyl groups is 1. The molecule has 0 saturated carbocycles. The highest BCUT2D eigenvalue weighted by atomic mass is 16.5.